The van der Waals surface area contributed by atoms with Gasteiger partial charge in [-0.15, -0.1) is 0 Å². The molecule has 2 unspecified atom stereocenters. The van der Waals surface area contributed by atoms with Crippen LogP contribution < -0.4 is 5.73 Å². The van der Waals surface area contributed by atoms with Crippen molar-refractivity contribution in [2.24, 2.45) is 5.73 Å². The largest absolute Gasteiger partial charge is 0.465 e. The number of hydrogen-bond acceptors (Lipinski definition) is 4. The molecular weight excluding hydrogens is 250 g/mol. The molecule has 3 rings (SSSR count). The van der Waals surface area contributed by atoms with Crippen molar-refractivity contribution in [3.63, 3.8) is 0 Å². The summed E-state index contributed by atoms with van der Waals surface area (Å²) in [7, 11) is 0. The van der Waals surface area contributed by atoms with E-state index in [4.69, 9.17) is 24.1 Å². The van der Waals surface area contributed by atoms with Gasteiger partial charge in [-0.05, 0) is 0 Å². The number of benzene rings is 1. The number of rotatable bonds is 4. The zero-order chi connectivity index (χ0) is 13.9. The van der Waals surface area contributed by atoms with Crippen molar-refractivity contribution in [3.05, 3.63) is 36.4 Å². The predicted molar refractivity (Wildman–Crippen MR) is 69.0 cm³/mol. The number of amides is 1. The molecule has 2 saturated heterocycles. The minimum absolute atomic E-state index is 0.392. The van der Waals surface area contributed by atoms with Crippen LogP contribution in [0.2, 0.25) is 0 Å². The number of nitrogens with two attached hydrogens (primary N) is 1. The average Bonchev–Trinajstić information content (AvgIpc) is 3.26. The standard InChI is InChI=1S/C6H10O3.C6H6.CH3NO2/c1(5-3-8-5)7-2-6-4-9-6;1-2-4-6-5-3-1;2-1(3)4/h5-6H,1-4H2;1-6H;2H2,(H,3,4). The summed E-state index contributed by atoms with van der Waals surface area (Å²) in [5.74, 6) is 0. The summed E-state index contributed by atoms with van der Waals surface area (Å²) >= 11 is 0. The lowest BCUT2D eigenvalue weighted by Crippen LogP contribution is -2.06. The number of epoxide rings is 2. The van der Waals surface area contributed by atoms with Crippen LogP contribution in [0.25, 0.3) is 0 Å². The summed E-state index contributed by atoms with van der Waals surface area (Å²) in [5, 5.41) is 7.19. The highest BCUT2D eigenvalue weighted by atomic mass is 16.6. The fraction of sp³-hybridized carbons (Fsp3) is 0.462. The van der Waals surface area contributed by atoms with Gasteiger partial charge in [0.25, 0.3) is 0 Å². The first-order valence-electron chi connectivity index (χ1n) is 5.98. The van der Waals surface area contributed by atoms with E-state index in [1.54, 1.807) is 0 Å². The van der Waals surface area contributed by atoms with Crippen molar-refractivity contribution in [2.75, 3.05) is 26.4 Å². The van der Waals surface area contributed by atoms with Crippen molar-refractivity contribution in [2.45, 2.75) is 12.2 Å². The Hall–Kier alpha value is -1.63. The number of ether oxygens (including phenoxy) is 3. The van der Waals surface area contributed by atoms with Crippen LogP contribution in [0.5, 0.6) is 0 Å². The van der Waals surface area contributed by atoms with Crippen molar-refractivity contribution in [1.82, 2.24) is 0 Å². The van der Waals surface area contributed by atoms with E-state index in [1.165, 1.54) is 0 Å². The monoisotopic (exact) mass is 269 g/mol. The maximum atomic E-state index is 8.78. The van der Waals surface area contributed by atoms with Gasteiger partial charge in [0.15, 0.2) is 0 Å². The highest BCUT2D eigenvalue weighted by molar-refractivity contribution is 5.61. The fourth-order valence-electron chi connectivity index (χ4n) is 1.04. The van der Waals surface area contributed by atoms with Gasteiger partial charge in [0.05, 0.1) is 26.4 Å². The summed E-state index contributed by atoms with van der Waals surface area (Å²) in [6, 6.07) is 12.0. The van der Waals surface area contributed by atoms with Crippen LogP contribution in [0, 0.1) is 0 Å². The molecule has 1 amide bonds. The van der Waals surface area contributed by atoms with E-state index >= 15 is 0 Å². The Morgan fingerprint density at radius 3 is 1.53 bits per heavy atom. The molecule has 6 nitrogen and oxygen atoms in total. The Morgan fingerprint density at radius 2 is 1.32 bits per heavy atom. The molecule has 2 aliphatic heterocycles. The molecule has 1 aromatic rings. The van der Waals surface area contributed by atoms with Gasteiger partial charge in [0.1, 0.15) is 12.2 Å². The molecule has 6 heteroatoms. The van der Waals surface area contributed by atoms with Crippen LogP contribution in [0.15, 0.2) is 36.4 Å². The van der Waals surface area contributed by atoms with Crippen LogP contribution in [-0.4, -0.2) is 49.8 Å². The van der Waals surface area contributed by atoms with Crippen LogP contribution >= 0.6 is 0 Å². The molecule has 106 valence electrons. The first-order valence-corrected chi connectivity index (χ1v) is 5.98. The van der Waals surface area contributed by atoms with Gasteiger partial charge in [-0.2, -0.15) is 0 Å². The second-order valence-corrected chi connectivity index (χ2v) is 3.94. The van der Waals surface area contributed by atoms with Crippen LogP contribution in [-0.2, 0) is 14.2 Å². The molecule has 0 aromatic heterocycles. The van der Waals surface area contributed by atoms with Gasteiger partial charge in [-0.1, -0.05) is 36.4 Å². The third-order valence-electron chi connectivity index (χ3n) is 2.08. The van der Waals surface area contributed by atoms with Crippen molar-refractivity contribution < 1.29 is 24.1 Å². The van der Waals surface area contributed by atoms with Crippen molar-refractivity contribution in [1.29, 1.82) is 0 Å². The van der Waals surface area contributed by atoms with Crippen molar-refractivity contribution >= 4 is 6.09 Å². The van der Waals surface area contributed by atoms with Gasteiger partial charge in [-0.3, -0.25) is 0 Å². The topological polar surface area (TPSA) is 97.6 Å². The van der Waals surface area contributed by atoms with Crippen LogP contribution in [0.4, 0.5) is 4.79 Å². The zero-order valence-corrected chi connectivity index (χ0v) is 10.6. The quantitative estimate of drug-likeness (QED) is 0.798. The minimum atomic E-state index is -1.33. The second-order valence-electron chi connectivity index (χ2n) is 3.94. The lowest BCUT2D eigenvalue weighted by molar-refractivity contribution is 0.102. The summed E-state index contributed by atoms with van der Waals surface area (Å²) in [6.45, 7) is 3.26. The van der Waals surface area contributed by atoms with E-state index in [9.17, 15) is 0 Å². The highest BCUT2D eigenvalue weighted by Gasteiger charge is 2.26. The summed E-state index contributed by atoms with van der Waals surface area (Å²) in [4.78, 5) is 8.78. The second kappa shape index (κ2) is 9.32. The molecule has 0 aliphatic carbocycles. The molecule has 0 radical (unpaired) electrons. The third kappa shape index (κ3) is 12.6. The Morgan fingerprint density at radius 1 is 1.05 bits per heavy atom. The molecule has 0 saturated carbocycles. The molecule has 1 aromatic carbocycles. The van der Waals surface area contributed by atoms with E-state index in [0.29, 0.717) is 12.2 Å². The van der Waals surface area contributed by atoms with E-state index in [-0.39, 0.29) is 0 Å². The summed E-state index contributed by atoms with van der Waals surface area (Å²) in [5.41, 5.74) is 4.03. The molecule has 2 aliphatic rings. The SMILES string of the molecule is C(OCC1CO1)C1CO1.NC(=O)O.c1ccccc1. The van der Waals surface area contributed by atoms with Gasteiger partial charge in [0, 0.05) is 0 Å². The molecule has 2 atom stereocenters. The van der Waals surface area contributed by atoms with Gasteiger partial charge in [0.2, 0.25) is 0 Å². The Bertz CT molecular complexity index is 295. The number of hydrogen-bond donors (Lipinski definition) is 2. The predicted octanol–water partition coefficient (Wildman–Crippen LogP) is 1.11. The first kappa shape index (κ1) is 15.4. The molecule has 3 N–H and O–H groups in total. The third-order valence-corrected chi connectivity index (χ3v) is 2.08. The minimum Gasteiger partial charge on any atom is -0.465 e. The van der Waals surface area contributed by atoms with E-state index < -0.39 is 6.09 Å². The number of carbonyl (C=O) groups is 1. The maximum Gasteiger partial charge on any atom is 0.402 e. The van der Waals surface area contributed by atoms with Crippen LogP contribution in [0.1, 0.15) is 0 Å². The average molecular weight is 269 g/mol. The summed E-state index contributed by atoms with van der Waals surface area (Å²) < 4.78 is 15.1. The molecule has 0 spiro atoms. The Kier molecular flexibility index (Phi) is 7.57. The Labute approximate surface area is 112 Å². The number of primary amides is 1. The van der Waals surface area contributed by atoms with E-state index in [1.807, 2.05) is 36.4 Å². The maximum absolute atomic E-state index is 8.78. The number of carboxylic acid groups (broad SMARTS) is 1. The molecule has 2 heterocycles. The smallest absolute Gasteiger partial charge is 0.402 e. The normalized spacial score (nSPS) is 22.1. The summed E-state index contributed by atoms with van der Waals surface area (Å²) in [6.07, 6.45) is -0.549. The Balaban J connectivity index is 0.000000158. The highest BCUT2D eigenvalue weighted by Crippen LogP contribution is 2.12. The van der Waals surface area contributed by atoms with Crippen LogP contribution in [0.3, 0.4) is 0 Å². The fourth-order valence-corrected chi connectivity index (χ4v) is 1.04. The van der Waals surface area contributed by atoms with E-state index in [0.717, 1.165) is 26.4 Å². The molecule has 2 fully saturated rings. The van der Waals surface area contributed by atoms with Gasteiger partial charge < -0.3 is 25.1 Å². The molecular formula is C13H19NO5. The molecule has 19 heavy (non-hydrogen) atoms. The van der Waals surface area contributed by atoms with E-state index in [2.05, 4.69) is 5.73 Å². The first-order chi connectivity index (χ1) is 9.18. The van der Waals surface area contributed by atoms with Gasteiger partial charge >= 0.3 is 6.09 Å². The zero-order valence-electron chi connectivity index (χ0n) is 10.6. The van der Waals surface area contributed by atoms with Crippen molar-refractivity contribution in [3.8, 4) is 0 Å². The lowest BCUT2D eigenvalue weighted by Gasteiger charge is -1.95. The van der Waals surface area contributed by atoms with Gasteiger partial charge in [-0.25, -0.2) is 4.79 Å². The molecule has 0 bridgehead atoms. The lowest BCUT2D eigenvalue weighted by atomic mass is 10.4.